The highest BCUT2D eigenvalue weighted by molar-refractivity contribution is 6.06. The Labute approximate surface area is 79.5 Å². The fourth-order valence-corrected chi connectivity index (χ4v) is 1.59. The fraction of sp³-hybridized carbons (Fsp3) is 0.200. The number of amides is 1. The Morgan fingerprint density at radius 1 is 1.14 bits per heavy atom. The van der Waals surface area contributed by atoms with Gasteiger partial charge in [0, 0.05) is 17.4 Å². The van der Waals surface area contributed by atoms with E-state index in [0.29, 0.717) is 30.1 Å². The highest BCUT2D eigenvalue weighted by Crippen LogP contribution is 2.26. The van der Waals surface area contributed by atoms with Crippen LogP contribution in [0.15, 0.2) is 17.1 Å². The van der Waals surface area contributed by atoms with Crippen LogP contribution in [0.2, 0.25) is 0 Å². The number of hydrogen-bond acceptors (Lipinski definition) is 3. The molecule has 0 aliphatic carbocycles. The van der Waals surface area contributed by atoms with Crippen LogP contribution in [0.4, 0.5) is 0 Å². The SMILES string of the molecule is O=C1C=c2cc3c(cc2=N1)OCCO3. The van der Waals surface area contributed by atoms with Crippen molar-refractivity contribution in [2.75, 3.05) is 13.2 Å². The first-order valence-corrected chi connectivity index (χ1v) is 4.37. The standard InChI is InChI=1S/C10H7NO3/c12-10-4-6-3-8-9(5-7(6)11-10)14-2-1-13-8/h3-5H,1-2H2. The second-order valence-electron chi connectivity index (χ2n) is 3.15. The van der Waals surface area contributed by atoms with Gasteiger partial charge in [0.25, 0.3) is 5.91 Å². The molecule has 2 aliphatic rings. The average Bonchev–Trinajstić information content (AvgIpc) is 2.53. The zero-order valence-electron chi connectivity index (χ0n) is 7.32. The number of carbonyl (C=O) groups is 1. The van der Waals surface area contributed by atoms with E-state index in [4.69, 9.17) is 9.47 Å². The molecule has 0 aromatic heterocycles. The van der Waals surface area contributed by atoms with Crippen LogP contribution in [-0.2, 0) is 4.79 Å². The number of rotatable bonds is 0. The van der Waals surface area contributed by atoms with E-state index in [-0.39, 0.29) is 5.91 Å². The van der Waals surface area contributed by atoms with Crippen LogP contribution in [0, 0.1) is 0 Å². The molecule has 2 heterocycles. The number of benzene rings is 1. The van der Waals surface area contributed by atoms with Gasteiger partial charge >= 0.3 is 0 Å². The monoisotopic (exact) mass is 189 g/mol. The first kappa shape index (κ1) is 7.55. The van der Waals surface area contributed by atoms with Crippen molar-refractivity contribution < 1.29 is 14.3 Å². The summed E-state index contributed by atoms with van der Waals surface area (Å²) in [5, 5.41) is 1.47. The topological polar surface area (TPSA) is 47.9 Å². The van der Waals surface area contributed by atoms with Gasteiger partial charge < -0.3 is 9.47 Å². The number of carbonyl (C=O) groups excluding carboxylic acids is 1. The summed E-state index contributed by atoms with van der Waals surface area (Å²) >= 11 is 0. The molecule has 0 bridgehead atoms. The van der Waals surface area contributed by atoms with E-state index in [1.165, 1.54) is 6.08 Å². The van der Waals surface area contributed by atoms with Crippen LogP contribution in [0.1, 0.15) is 0 Å². The number of fused-ring (bicyclic) bond motifs is 2. The zero-order valence-corrected chi connectivity index (χ0v) is 7.32. The van der Waals surface area contributed by atoms with E-state index in [9.17, 15) is 4.79 Å². The van der Waals surface area contributed by atoms with Gasteiger partial charge in [-0.1, -0.05) is 0 Å². The number of ether oxygens (including phenoxy) is 2. The van der Waals surface area contributed by atoms with E-state index in [0.717, 1.165) is 5.22 Å². The molecule has 1 amide bonds. The second kappa shape index (κ2) is 2.57. The highest BCUT2D eigenvalue weighted by atomic mass is 16.6. The van der Waals surface area contributed by atoms with Gasteiger partial charge in [0.05, 0.1) is 5.36 Å². The predicted molar refractivity (Wildman–Crippen MR) is 47.7 cm³/mol. The van der Waals surface area contributed by atoms with Crippen molar-refractivity contribution in [3.05, 3.63) is 22.7 Å². The summed E-state index contributed by atoms with van der Waals surface area (Å²) in [7, 11) is 0. The van der Waals surface area contributed by atoms with Crippen molar-refractivity contribution in [1.29, 1.82) is 0 Å². The van der Waals surface area contributed by atoms with Gasteiger partial charge in [0.15, 0.2) is 11.5 Å². The summed E-state index contributed by atoms with van der Waals surface area (Å²) in [6.07, 6.45) is 1.49. The molecule has 0 saturated heterocycles. The van der Waals surface area contributed by atoms with E-state index >= 15 is 0 Å². The molecule has 1 aromatic carbocycles. The number of nitrogens with zero attached hydrogens (tertiary/aromatic N) is 1. The molecular weight excluding hydrogens is 182 g/mol. The molecule has 70 valence electrons. The summed E-state index contributed by atoms with van der Waals surface area (Å²) in [6, 6.07) is 3.53. The largest absolute Gasteiger partial charge is 0.486 e. The zero-order chi connectivity index (χ0) is 9.54. The predicted octanol–water partition coefficient (Wildman–Crippen LogP) is -0.602. The van der Waals surface area contributed by atoms with Crippen molar-refractivity contribution in [2.24, 2.45) is 4.99 Å². The molecule has 1 aromatic rings. The third-order valence-electron chi connectivity index (χ3n) is 2.20. The summed E-state index contributed by atoms with van der Waals surface area (Å²) in [6.45, 7) is 1.10. The van der Waals surface area contributed by atoms with E-state index in [1.54, 1.807) is 12.1 Å². The molecule has 0 atom stereocenters. The van der Waals surface area contributed by atoms with Crippen LogP contribution in [0.3, 0.4) is 0 Å². The molecule has 0 unspecified atom stereocenters. The van der Waals surface area contributed by atoms with Crippen LogP contribution in [-0.4, -0.2) is 19.1 Å². The Morgan fingerprint density at radius 2 is 1.86 bits per heavy atom. The second-order valence-corrected chi connectivity index (χ2v) is 3.15. The summed E-state index contributed by atoms with van der Waals surface area (Å²) < 4.78 is 10.8. The van der Waals surface area contributed by atoms with Gasteiger partial charge in [-0.15, -0.1) is 0 Å². The molecule has 0 fully saturated rings. The minimum Gasteiger partial charge on any atom is -0.486 e. The molecular formula is C10H7NO3. The molecule has 3 rings (SSSR count). The first-order valence-electron chi connectivity index (χ1n) is 4.37. The lowest BCUT2D eigenvalue weighted by Gasteiger charge is -2.17. The van der Waals surface area contributed by atoms with Gasteiger partial charge in [-0.2, -0.15) is 0 Å². The van der Waals surface area contributed by atoms with Crippen LogP contribution in [0.25, 0.3) is 6.08 Å². The molecule has 0 radical (unpaired) electrons. The van der Waals surface area contributed by atoms with E-state index < -0.39 is 0 Å². The normalized spacial score (nSPS) is 17.0. The van der Waals surface area contributed by atoms with Gasteiger partial charge in [0.2, 0.25) is 0 Å². The average molecular weight is 189 g/mol. The minimum atomic E-state index is -0.220. The third kappa shape index (κ3) is 1.00. The van der Waals surface area contributed by atoms with Gasteiger partial charge in [0.1, 0.15) is 13.2 Å². The Bertz CT molecular complexity index is 486. The Morgan fingerprint density at radius 3 is 2.64 bits per heavy atom. The fourth-order valence-electron chi connectivity index (χ4n) is 1.59. The summed E-state index contributed by atoms with van der Waals surface area (Å²) in [4.78, 5) is 14.8. The van der Waals surface area contributed by atoms with Gasteiger partial charge in [-0.25, -0.2) is 4.99 Å². The maximum atomic E-state index is 11.0. The van der Waals surface area contributed by atoms with Crippen LogP contribution >= 0.6 is 0 Å². The van der Waals surface area contributed by atoms with Crippen LogP contribution < -0.4 is 20.0 Å². The molecule has 2 aliphatic heterocycles. The lowest BCUT2D eigenvalue weighted by molar-refractivity contribution is -0.112. The summed E-state index contributed by atoms with van der Waals surface area (Å²) in [5.74, 6) is 1.14. The lowest BCUT2D eigenvalue weighted by Crippen LogP contribution is -2.25. The first-order chi connectivity index (χ1) is 6.83. The highest BCUT2D eigenvalue weighted by Gasteiger charge is 2.14. The van der Waals surface area contributed by atoms with Crippen molar-refractivity contribution in [2.45, 2.75) is 0 Å². The molecule has 4 nitrogen and oxygen atoms in total. The van der Waals surface area contributed by atoms with Crippen molar-refractivity contribution >= 4 is 12.0 Å². The van der Waals surface area contributed by atoms with E-state index in [1.807, 2.05) is 0 Å². The minimum absolute atomic E-state index is 0.220. The van der Waals surface area contributed by atoms with Gasteiger partial charge in [-0.05, 0) is 6.07 Å². The molecule has 4 heteroatoms. The van der Waals surface area contributed by atoms with Crippen molar-refractivity contribution in [3.63, 3.8) is 0 Å². The maximum Gasteiger partial charge on any atom is 0.270 e. The van der Waals surface area contributed by atoms with Crippen LogP contribution in [0.5, 0.6) is 11.5 Å². The summed E-state index contributed by atoms with van der Waals surface area (Å²) in [5.41, 5.74) is 0. The lowest BCUT2D eigenvalue weighted by atomic mass is 10.2. The molecule has 0 spiro atoms. The maximum absolute atomic E-state index is 11.0. The Kier molecular flexibility index (Phi) is 1.39. The smallest absolute Gasteiger partial charge is 0.270 e. The van der Waals surface area contributed by atoms with Crippen molar-refractivity contribution in [1.82, 2.24) is 0 Å². The molecule has 0 N–H and O–H groups in total. The van der Waals surface area contributed by atoms with Crippen molar-refractivity contribution in [3.8, 4) is 11.5 Å². The molecule has 0 saturated carbocycles. The van der Waals surface area contributed by atoms with E-state index in [2.05, 4.69) is 4.99 Å². The quantitative estimate of drug-likeness (QED) is 0.547. The Balaban J connectivity index is 2.30. The molecule has 14 heavy (non-hydrogen) atoms. The third-order valence-corrected chi connectivity index (χ3v) is 2.20. The Hall–Kier alpha value is -1.84. The number of hydrogen-bond donors (Lipinski definition) is 0. The van der Waals surface area contributed by atoms with Gasteiger partial charge in [-0.3, -0.25) is 4.79 Å².